The first-order chi connectivity index (χ1) is 6.61. The fourth-order valence-corrected chi connectivity index (χ4v) is 1.23. The van der Waals surface area contributed by atoms with Gasteiger partial charge in [0, 0.05) is 6.54 Å². The van der Waals surface area contributed by atoms with E-state index in [1.165, 1.54) is 0 Å². The maximum absolute atomic E-state index is 11.3. The van der Waals surface area contributed by atoms with Gasteiger partial charge in [-0.1, -0.05) is 26.7 Å². The zero-order chi connectivity index (χ0) is 11.0. The summed E-state index contributed by atoms with van der Waals surface area (Å²) in [6.45, 7) is 4.29. The van der Waals surface area contributed by atoms with Crippen LogP contribution in [0.4, 0.5) is 0 Å². The van der Waals surface area contributed by atoms with Gasteiger partial charge in [-0.2, -0.15) is 0 Å². The smallest absolute Gasteiger partial charge is 0.237 e. The lowest BCUT2D eigenvalue weighted by molar-refractivity contribution is -0.123. The lowest BCUT2D eigenvalue weighted by Crippen LogP contribution is -2.43. The summed E-state index contributed by atoms with van der Waals surface area (Å²) in [5.74, 6) is -0.165. The van der Waals surface area contributed by atoms with Crippen molar-refractivity contribution < 1.29 is 9.90 Å². The summed E-state index contributed by atoms with van der Waals surface area (Å²) in [5.41, 5.74) is 5.59. The highest BCUT2D eigenvalue weighted by atomic mass is 16.3. The average molecular weight is 202 g/mol. The zero-order valence-corrected chi connectivity index (χ0v) is 9.12. The number of aliphatic hydroxyl groups is 1. The summed E-state index contributed by atoms with van der Waals surface area (Å²) < 4.78 is 0. The maximum atomic E-state index is 11.3. The van der Waals surface area contributed by atoms with Crippen LogP contribution < -0.4 is 11.1 Å². The van der Waals surface area contributed by atoms with Crippen molar-refractivity contribution in [2.24, 2.45) is 5.73 Å². The highest BCUT2D eigenvalue weighted by molar-refractivity contribution is 5.81. The van der Waals surface area contributed by atoms with Gasteiger partial charge >= 0.3 is 0 Å². The third-order valence-electron chi connectivity index (χ3n) is 2.07. The molecule has 0 saturated carbocycles. The molecule has 0 fully saturated rings. The molecule has 4 nitrogen and oxygen atoms in total. The summed E-state index contributed by atoms with van der Waals surface area (Å²) in [6, 6.07) is -0.436. The normalized spacial score (nSPS) is 14.9. The minimum atomic E-state index is -0.447. The Balaban J connectivity index is 3.61. The Morgan fingerprint density at radius 2 is 1.93 bits per heavy atom. The van der Waals surface area contributed by atoms with Gasteiger partial charge in [-0.25, -0.2) is 0 Å². The van der Waals surface area contributed by atoms with Crippen molar-refractivity contribution in [3.8, 4) is 0 Å². The second kappa shape index (κ2) is 7.76. The Hall–Kier alpha value is -0.610. The first-order valence-electron chi connectivity index (χ1n) is 5.33. The predicted octanol–water partition coefficient (Wildman–Crippen LogP) is 0.391. The third kappa shape index (κ3) is 5.94. The zero-order valence-electron chi connectivity index (χ0n) is 9.12. The highest BCUT2D eigenvalue weighted by Crippen LogP contribution is 1.96. The first kappa shape index (κ1) is 13.4. The molecule has 84 valence electrons. The van der Waals surface area contributed by atoms with Crippen LogP contribution >= 0.6 is 0 Å². The largest absolute Gasteiger partial charge is 0.391 e. The predicted molar refractivity (Wildman–Crippen MR) is 56.8 cm³/mol. The molecule has 2 atom stereocenters. The number of rotatable bonds is 7. The van der Waals surface area contributed by atoms with Crippen LogP contribution in [-0.4, -0.2) is 29.7 Å². The van der Waals surface area contributed by atoms with E-state index in [0.717, 1.165) is 12.8 Å². The molecule has 0 radical (unpaired) electrons. The van der Waals surface area contributed by atoms with Crippen molar-refractivity contribution in [2.75, 3.05) is 6.54 Å². The minimum Gasteiger partial charge on any atom is -0.391 e. The highest BCUT2D eigenvalue weighted by Gasteiger charge is 2.12. The molecule has 4 N–H and O–H groups in total. The van der Waals surface area contributed by atoms with Crippen LogP contribution in [0.2, 0.25) is 0 Å². The van der Waals surface area contributed by atoms with E-state index >= 15 is 0 Å². The van der Waals surface area contributed by atoms with Crippen molar-refractivity contribution >= 4 is 5.91 Å². The molecule has 0 aromatic heterocycles. The molecule has 1 amide bonds. The molecule has 14 heavy (non-hydrogen) atoms. The molecule has 1 unspecified atom stereocenters. The van der Waals surface area contributed by atoms with Crippen LogP contribution in [-0.2, 0) is 4.79 Å². The first-order valence-corrected chi connectivity index (χ1v) is 5.33. The van der Waals surface area contributed by atoms with Crippen LogP contribution in [0.15, 0.2) is 0 Å². The van der Waals surface area contributed by atoms with Crippen LogP contribution in [0.3, 0.4) is 0 Å². The van der Waals surface area contributed by atoms with E-state index in [1.807, 2.05) is 13.8 Å². The van der Waals surface area contributed by atoms with Crippen molar-refractivity contribution in [2.45, 2.75) is 51.7 Å². The van der Waals surface area contributed by atoms with E-state index in [4.69, 9.17) is 5.73 Å². The molecule has 0 saturated heterocycles. The lowest BCUT2D eigenvalue weighted by Gasteiger charge is -2.14. The molecule has 0 aromatic carbocycles. The molecular weight excluding hydrogens is 180 g/mol. The van der Waals surface area contributed by atoms with Crippen molar-refractivity contribution in [1.29, 1.82) is 0 Å². The average Bonchev–Trinajstić information content (AvgIpc) is 2.15. The fraction of sp³-hybridized carbons (Fsp3) is 0.900. The monoisotopic (exact) mass is 202 g/mol. The van der Waals surface area contributed by atoms with Crippen molar-refractivity contribution in [3.05, 3.63) is 0 Å². The molecule has 4 heteroatoms. The Labute approximate surface area is 85.9 Å². The number of hydrogen-bond donors (Lipinski definition) is 3. The molecule has 0 aliphatic rings. The Morgan fingerprint density at radius 1 is 1.36 bits per heavy atom. The van der Waals surface area contributed by atoms with Gasteiger partial charge in [0.2, 0.25) is 5.91 Å². The van der Waals surface area contributed by atoms with Gasteiger partial charge in [-0.3, -0.25) is 4.79 Å². The number of carbonyl (C=O) groups is 1. The molecule has 0 aliphatic carbocycles. The van der Waals surface area contributed by atoms with E-state index in [-0.39, 0.29) is 5.91 Å². The van der Waals surface area contributed by atoms with Crippen LogP contribution in [0, 0.1) is 0 Å². The molecule has 0 aliphatic heterocycles. The van der Waals surface area contributed by atoms with E-state index in [0.29, 0.717) is 19.4 Å². The number of amides is 1. The molecular formula is C10H22N2O2. The second-order valence-corrected chi connectivity index (χ2v) is 3.58. The van der Waals surface area contributed by atoms with Gasteiger partial charge in [0.25, 0.3) is 0 Å². The number of nitrogens with two attached hydrogens (primary N) is 1. The summed E-state index contributed by atoms with van der Waals surface area (Å²) >= 11 is 0. The molecule has 0 rings (SSSR count). The maximum Gasteiger partial charge on any atom is 0.237 e. The molecule has 0 aromatic rings. The van der Waals surface area contributed by atoms with Crippen molar-refractivity contribution in [1.82, 2.24) is 5.32 Å². The fourth-order valence-electron chi connectivity index (χ4n) is 1.23. The Kier molecular flexibility index (Phi) is 7.42. The summed E-state index contributed by atoms with van der Waals surface area (Å²) in [6.07, 6.45) is 2.76. The Bertz CT molecular complexity index is 162. The van der Waals surface area contributed by atoms with Gasteiger partial charge in [0.1, 0.15) is 0 Å². The van der Waals surface area contributed by atoms with Crippen molar-refractivity contribution in [3.63, 3.8) is 0 Å². The van der Waals surface area contributed by atoms with Crippen LogP contribution in [0.1, 0.15) is 39.5 Å². The SMILES string of the molecule is CCCC(O)CNC(=O)[C@H](N)CCC. The molecule has 0 spiro atoms. The summed E-state index contributed by atoms with van der Waals surface area (Å²) in [5, 5.41) is 12.0. The van der Waals surface area contributed by atoms with E-state index in [9.17, 15) is 9.90 Å². The number of nitrogens with one attached hydrogen (secondary N) is 1. The Morgan fingerprint density at radius 3 is 2.43 bits per heavy atom. The quantitative estimate of drug-likeness (QED) is 0.559. The third-order valence-corrected chi connectivity index (χ3v) is 2.07. The lowest BCUT2D eigenvalue weighted by atomic mass is 10.1. The van der Waals surface area contributed by atoms with Crippen LogP contribution in [0.5, 0.6) is 0 Å². The van der Waals surface area contributed by atoms with Crippen LogP contribution in [0.25, 0.3) is 0 Å². The standard InChI is InChI=1S/C10H22N2O2/c1-3-5-8(13)7-12-10(14)9(11)6-4-2/h8-9,13H,3-7,11H2,1-2H3,(H,12,14)/t8?,9-/m1/s1. The summed E-state index contributed by atoms with van der Waals surface area (Å²) in [4.78, 5) is 11.3. The van der Waals surface area contributed by atoms with E-state index in [1.54, 1.807) is 0 Å². The molecule has 0 bridgehead atoms. The summed E-state index contributed by atoms with van der Waals surface area (Å²) in [7, 11) is 0. The van der Waals surface area contributed by atoms with E-state index < -0.39 is 12.1 Å². The van der Waals surface area contributed by atoms with Gasteiger partial charge in [0.05, 0.1) is 12.1 Å². The van der Waals surface area contributed by atoms with Gasteiger partial charge < -0.3 is 16.2 Å². The van der Waals surface area contributed by atoms with E-state index in [2.05, 4.69) is 5.32 Å². The number of carbonyl (C=O) groups excluding carboxylic acids is 1. The molecule has 0 heterocycles. The second-order valence-electron chi connectivity index (χ2n) is 3.58. The number of aliphatic hydroxyl groups excluding tert-OH is 1. The number of hydrogen-bond acceptors (Lipinski definition) is 3. The topological polar surface area (TPSA) is 75.3 Å². The van der Waals surface area contributed by atoms with Gasteiger partial charge in [0.15, 0.2) is 0 Å². The minimum absolute atomic E-state index is 0.165. The van der Waals surface area contributed by atoms with Gasteiger partial charge in [-0.15, -0.1) is 0 Å². The van der Waals surface area contributed by atoms with Gasteiger partial charge in [-0.05, 0) is 12.8 Å².